The molecule has 0 aromatic heterocycles. The Balaban J connectivity index is 1.99. The summed E-state index contributed by atoms with van der Waals surface area (Å²) in [5.74, 6) is 0.592. The van der Waals surface area contributed by atoms with E-state index < -0.39 is 4.92 Å². The Labute approximate surface area is 162 Å². The van der Waals surface area contributed by atoms with Gasteiger partial charge in [0.2, 0.25) is 5.91 Å². The molecule has 0 unspecified atom stereocenters. The number of ether oxygens (including phenoxy) is 2. The number of rotatable bonds is 9. The molecule has 0 aliphatic carbocycles. The highest BCUT2D eigenvalue weighted by molar-refractivity contribution is 8.00. The molecule has 0 heterocycles. The molecule has 7 nitrogen and oxygen atoms in total. The van der Waals surface area contributed by atoms with E-state index in [0.29, 0.717) is 23.5 Å². The van der Waals surface area contributed by atoms with Gasteiger partial charge in [-0.3, -0.25) is 14.9 Å². The molecule has 2 aromatic rings. The van der Waals surface area contributed by atoms with Crippen molar-refractivity contribution in [3.8, 4) is 11.5 Å². The van der Waals surface area contributed by atoms with Gasteiger partial charge in [-0.15, -0.1) is 11.8 Å². The van der Waals surface area contributed by atoms with Crippen LogP contribution in [0.5, 0.6) is 11.5 Å². The van der Waals surface area contributed by atoms with Crippen molar-refractivity contribution in [2.75, 3.05) is 20.8 Å². The first kappa shape index (κ1) is 20.6. The minimum atomic E-state index is -0.465. The van der Waals surface area contributed by atoms with Crippen molar-refractivity contribution in [3.63, 3.8) is 0 Å². The number of thioether (sulfide) groups is 1. The zero-order chi connectivity index (χ0) is 19.8. The van der Waals surface area contributed by atoms with Crippen LogP contribution in [0.15, 0.2) is 47.4 Å². The largest absolute Gasteiger partial charge is 0.493 e. The molecule has 0 saturated heterocycles. The third kappa shape index (κ3) is 5.62. The number of benzene rings is 2. The van der Waals surface area contributed by atoms with Gasteiger partial charge >= 0.3 is 0 Å². The van der Waals surface area contributed by atoms with Gasteiger partial charge in [-0.2, -0.15) is 0 Å². The molecular formula is C19H22N2O5S. The van der Waals surface area contributed by atoms with Crippen LogP contribution in [0, 0.1) is 10.1 Å². The Morgan fingerprint density at radius 1 is 1.19 bits per heavy atom. The number of nitrogens with zero attached hydrogens (tertiary/aromatic N) is 1. The average molecular weight is 390 g/mol. The number of amides is 1. The van der Waals surface area contributed by atoms with Crippen molar-refractivity contribution in [2.24, 2.45) is 0 Å². The molecule has 0 fully saturated rings. The summed E-state index contributed by atoms with van der Waals surface area (Å²) < 4.78 is 10.3. The lowest BCUT2D eigenvalue weighted by Crippen LogP contribution is -2.32. The number of carbonyl (C=O) groups excluding carboxylic acids is 1. The monoisotopic (exact) mass is 390 g/mol. The van der Waals surface area contributed by atoms with Crippen LogP contribution in [-0.4, -0.2) is 36.8 Å². The van der Waals surface area contributed by atoms with Crippen LogP contribution >= 0.6 is 11.8 Å². The lowest BCUT2D eigenvalue weighted by Gasteiger charge is -2.13. The molecular weight excluding hydrogens is 368 g/mol. The summed E-state index contributed by atoms with van der Waals surface area (Å²) in [6, 6.07) is 12.6. The van der Waals surface area contributed by atoms with Gasteiger partial charge in [0.25, 0.3) is 5.69 Å². The molecule has 2 rings (SSSR count). The number of carbonyl (C=O) groups is 1. The minimum absolute atomic E-state index is 0.0615. The molecule has 0 aliphatic rings. The van der Waals surface area contributed by atoms with Crippen molar-refractivity contribution in [2.45, 2.75) is 23.5 Å². The molecule has 0 spiro atoms. The molecule has 1 N–H and O–H groups in total. The predicted molar refractivity (Wildman–Crippen MR) is 105 cm³/mol. The van der Waals surface area contributed by atoms with Gasteiger partial charge in [0.15, 0.2) is 11.5 Å². The van der Waals surface area contributed by atoms with Crippen molar-refractivity contribution >= 4 is 23.4 Å². The van der Waals surface area contributed by atoms with E-state index in [1.807, 2.05) is 37.3 Å². The molecule has 0 bridgehead atoms. The van der Waals surface area contributed by atoms with Crippen molar-refractivity contribution in [1.29, 1.82) is 0 Å². The van der Waals surface area contributed by atoms with Gasteiger partial charge in [-0.1, -0.05) is 18.2 Å². The number of nitro groups is 1. The fourth-order valence-corrected chi connectivity index (χ4v) is 3.41. The first-order valence-corrected chi connectivity index (χ1v) is 9.23. The summed E-state index contributed by atoms with van der Waals surface area (Å²) in [7, 11) is 2.89. The first-order valence-electron chi connectivity index (χ1n) is 8.35. The van der Waals surface area contributed by atoms with Gasteiger partial charge in [-0.25, -0.2) is 0 Å². The highest BCUT2D eigenvalue weighted by Gasteiger charge is 2.20. The summed E-state index contributed by atoms with van der Waals surface area (Å²) in [6.07, 6.45) is 0.311. The fraction of sp³-hybridized carbons (Fsp3) is 0.316. The van der Waals surface area contributed by atoms with Gasteiger partial charge in [-0.05, 0) is 31.5 Å². The summed E-state index contributed by atoms with van der Waals surface area (Å²) in [6.45, 7) is 2.11. The Kier molecular flexibility index (Phi) is 7.48. The molecule has 144 valence electrons. The van der Waals surface area contributed by atoms with E-state index >= 15 is 0 Å². The maximum atomic E-state index is 12.3. The summed E-state index contributed by atoms with van der Waals surface area (Å²) in [4.78, 5) is 24.1. The second-order valence-corrected chi connectivity index (χ2v) is 7.12. The van der Waals surface area contributed by atoms with E-state index in [-0.39, 0.29) is 23.4 Å². The zero-order valence-electron chi connectivity index (χ0n) is 15.4. The lowest BCUT2D eigenvalue weighted by molar-refractivity contribution is -0.385. The Morgan fingerprint density at radius 2 is 1.81 bits per heavy atom. The van der Waals surface area contributed by atoms with E-state index in [9.17, 15) is 14.9 Å². The van der Waals surface area contributed by atoms with Gasteiger partial charge < -0.3 is 14.8 Å². The zero-order valence-corrected chi connectivity index (χ0v) is 16.2. The van der Waals surface area contributed by atoms with Gasteiger partial charge in [0, 0.05) is 17.0 Å². The van der Waals surface area contributed by atoms with Gasteiger partial charge in [0.05, 0.1) is 30.5 Å². The highest BCUT2D eigenvalue weighted by atomic mass is 32.2. The minimum Gasteiger partial charge on any atom is -0.493 e. The van der Waals surface area contributed by atoms with Crippen LogP contribution in [0.2, 0.25) is 0 Å². The van der Waals surface area contributed by atoms with Crippen LogP contribution in [-0.2, 0) is 11.2 Å². The van der Waals surface area contributed by atoms with Gasteiger partial charge in [0.1, 0.15) is 0 Å². The molecule has 1 amide bonds. The topological polar surface area (TPSA) is 90.7 Å². The molecule has 2 aromatic carbocycles. The van der Waals surface area contributed by atoms with Crippen molar-refractivity contribution < 1.29 is 19.2 Å². The third-order valence-electron chi connectivity index (χ3n) is 3.90. The molecule has 27 heavy (non-hydrogen) atoms. The van der Waals surface area contributed by atoms with Crippen LogP contribution in [0.25, 0.3) is 0 Å². The Hall–Kier alpha value is -2.74. The molecule has 0 aliphatic heterocycles. The van der Waals surface area contributed by atoms with Crippen LogP contribution < -0.4 is 14.8 Å². The average Bonchev–Trinajstić information content (AvgIpc) is 2.67. The third-order valence-corrected chi connectivity index (χ3v) is 5.01. The van der Waals surface area contributed by atoms with Crippen LogP contribution in [0.1, 0.15) is 12.5 Å². The first-order chi connectivity index (χ1) is 13.0. The Bertz CT molecular complexity index is 798. The van der Waals surface area contributed by atoms with Crippen LogP contribution in [0.4, 0.5) is 5.69 Å². The number of hydrogen-bond donors (Lipinski definition) is 1. The Morgan fingerprint density at radius 3 is 2.41 bits per heavy atom. The second kappa shape index (κ2) is 9.82. The number of nitro benzene ring substituents is 1. The maximum absolute atomic E-state index is 12.3. The predicted octanol–water partition coefficient (Wildman–Crippen LogP) is 3.45. The maximum Gasteiger partial charge on any atom is 0.276 e. The van der Waals surface area contributed by atoms with E-state index in [2.05, 4.69) is 5.32 Å². The van der Waals surface area contributed by atoms with Crippen molar-refractivity contribution in [1.82, 2.24) is 5.32 Å². The number of methoxy groups -OCH3 is 2. The summed E-state index contributed by atoms with van der Waals surface area (Å²) >= 11 is 1.46. The lowest BCUT2D eigenvalue weighted by atomic mass is 10.1. The number of hydrogen-bond acceptors (Lipinski definition) is 6. The molecule has 1 atom stereocenters. The summed E-state index contributed by atoms with van der Waals surface area (Å²) in [5.41, 5.74) is 0.412. The summed E-state index contributed by atoms with van der Waals surface area (Å²) in [5, 5.41) is 13.9. The van der Waals surface area contributed by atoms with E-state index in [4.69, 9.17) is 9.47 Å². The highest BCUT2D eigenvalue weighted by Crippen LogP contribution is 2.34. The smallest absolute Gasteiger partial charge is 0.276 e. The second-order valence-electron chi connectivity index (χ2n) is 5.71. The quantitative estimate of drug-likeness (QED) is 0.401. The van der Waals surface area contributed by atoms with E-state index in [0.717, 1.165) is 4.90 Å². The molecule has 0 saturated carbocycles. The standard InChI is InChI=1S/C19H22N2O5S/c1-13(27-15-7-5-4-6-8-15)19(22)20-10-9-14-11-17(25-2)18(26-3)12-16(14)21(23)24/h4-8,11-13H,9-10H2,1-3H3,(H,20,22)/t13-/m0/s1. The molecule has 8 heteroatoms. The number of nitrogens with one attached hydrogen (secondary N) is 1. The van der Waals surface area contributed by atoms with E-state index in [1.165, 1.54) is 32.0 Å². The van der Waals surface area contributed by atoms with Crippen LogP contribution in [0.3, 0.4) is 0 Å². The van der Waals surface area contributed by atoms with Crippen molar-refractivity contribution in [3.05, 3.63) is 58.1 Å². The SMILES string of the molecule is COc1cc(CCNC(=O)[C@H](C)Sc2ccccc2)c([N+](=O)[O-])cc1OC. The normalized spacial score (nSPS) is 11.5. The van der Waals surface area contributed by atoms with E-state index in [1.54, 1.807) is 6.07 Å². The fourth-order valence-electron chi connectivity index (χ4n) is 2.50. The molecule has 0 radical (unpaired) electrons.